The molecule has 2 rings (SSSR count). The lowest BCUT2D eigenvalue weighted by molar-refractivity contribution is 0.0860. The number of rotatable bonds is 3. The molecule has 0 radical (unpaired) electrons. The largest absolute Gasteiger partial charge is 0.392 e. The Hall–Kier alpha value is -0.380. The van der Waals surface area contributed by atoms with Crippen LogP contribution in [0.5, 0.6) is 0 Å². The van der Waals surface area contributed by atoms with Crippen LogP contribution < -0.4 is 5.32 Å². The first-order valence-electron chi connectivity index (χ1n) is 5.73. The standard InChI is InChI=1S/C12H19NOS/c1-9(10-6-7-15-8-10)13-11-4-2-3-5-12(11)14/h6-9,11-14H,2-5H2,1H3/t9?,11-,12-/m0/s1. The van der Waals surface area contributed by atoms with Crippen molar-refractivity contribution in [2.75, 3.05) is 0 Å². The van der Waals surface area contributed by atoms with Crippen LogP contribution in [0.4, 0.5) is 0 Å². The van der Waals surface area contributed by atoms with E-state index in [2.05, 4.69) is 29.1 Å². The summed E-state index contributed by atoms with van der Waals surface area (Å²) in [7, 11) is 0. The summed E-state index contributed by atoms with van der Waals surface area (Å²) in [4.78, 5) is 0. The number of nitrogens with one attached hydrogen (secondary N) is 1. The molecule has 3 heteroatoms. The van der Waals surface area contributed by atoms with Crippen LogP contribution in [0, 0.1) is 0 Å². The lowest BCUT2D eigenvalue weighted by atomic mass is 9.92. The van der Waals surface area contributed by atoms with Gasteiger partial charge in [-0.05, 0) is 42.2 Å². The summed E-state index contributed by atoms with van der Waals surface area (Å²) in [6, 6.07) is 2.79. The molecular formula is C12H19NOS. The van der Waals surface area contributed by atoms with Crippen LogP contribution in [-0.2, 0) is 0 Å². The highest BCUT2D eigenvalue weighted by Gasteiger charge is 2.24. The van der Waals surface area contributed by atoms with Crippen molar-refractivity contribution in [3.63, 3.8) is 0 Å². The second-order valence-electron chi connectivity index (χ2n) is 4.40. The first-order chi connectivity index (χ1) is 7.27. The van der Waals surface area contributed by atoms with Crippen molar-refractivity contribution >= 4 is 11.3 Å². The maximum absolute atomic E-state index is 9.86. The van der Waals surface area contributed by atoms with Gasteiger partial charge < -0.3 is 10.4 Å². The van der Waals surface area contributed by atoms with Crippen molar-refractivity contribution in [2.24, 2.45) is 0 Å². The zero-order valence-electron chi connectivity index (χ0n) is 9.15. The second kappa shape index (κ2) is 5.10. The predicted molar refractivity (Wildman–Crippen MR) is 64.1 cm³/mol. The third-order valence-corrected chi connectivity index (χ3v) is 3.94. The summed E-state index contributed by atoms with van der Waals surface area (Å²) >= 11 is 1.73. The van der Waals surface area contributed by atoms with Crippen LogP contribution in [-0.4, -0.2) is 17.3 Å². The van der Waals surface area contributed by atoms with E-state index in [1.165, 1.54) is 18.4 Å². The van der Waals surface area contributed by atoms with Crippen LogP contribution in [0.15, 0.2) is 16.8 Å². The molecule has 0 aromatic carbocycles. The van der Waals surface area contributed by atoms with Gasteiger partial charge in [0.05, 0.1) is 6.10 Å². The highest BCUT2D eigenvalue weighted by Crippen LogP contribution is 2.22. The molecular weight excluding hydrogens is 206 g/mol. The number of aliphatic hydroxyl groups is 1. The topological polar surface area (TPSA) is 32.3 Å². The molecule has 15 heavy (non-hydrogen) atoms. The summed E-state index contributed by atoms with van der Waals surface area (Å²) in [5.41, 5.74) is 1.33. The fraction of sp³-hybridized carbons (Fsp3) is 0.667. The van der Waals surface area contributed by atoms with Crippen LogP contribution in [0.2, 0.25) is 0 Å². The molecule has 1 heterocycles. The van der Waals surface area contributed by atoms with Crippen molar-refractivity contribution in [1.29, 1.82) is 0 Å². The first-order valence-corrected chi connectivity index (χ1v) is 6.68. The fourth-order valence-electron chi connectivity index (χ4n) is 2.24. The van der Waals surface area contributed by atoms with E-state index in [1.54, 1.807) is 11.3 Å². The van der Waals surface area contributed by atoms with Gasteiger partial charge in [-0.1, -0.05) is 12.8 Å². The molecule has 0 spiro atoms. The van der Waals surface area contributed by atoms with Crippen molar-refractivity contribution in [3.8, 4) is 0 Å². The molecule has 1 unspecified atom stereocenters. The molecule has 3 atom stereocenters. The maximum Gasteiger partial charge on any atom is 0.0693 e. The van der Waals surface area contributed by atoms with E-state index < -0.39 is 0 Å². The zero-order chi connectivity index (χ0) is 10.7. The maximum atomic E-state index is 9.86. The molecule has 1 aromatic heterocycles. The van der Waals surface area contributed by atoms with Gasteiger partial charge in [-0.15, -0.1) is 0 Å². The fourth-order valence-corrected chi connectivity index (χ4v) is 3.00. The van der Waals surface area contributed by atoms with E-state index in [-0.39, 0.29) is 12.1 Å². The second-order valence-corrected chi connectivity index (χ2v) is 5.18. The Labute approximate surface area is 95.3 Å². The number of thiophene rings is 1. The van der Waals surface area contributed by atoms with Gasteiger partial charge in [0.25, 0.3) is 0 Å². The lowest BCUT2D eigenvalue weighted by Crippen LogP contribution is -2.43. The minimum absolute atomic E-state index is 0.153. The monoisotopic (exact) mass is 225 g/mol. The molecule has 1 aliphatic rings. The average molecular weight is 225 g/mol. The van der Waals surface area contributed by atoms with Crippen molar-refractivity contribution in [2.45, 2.75) is 50.8 Å². The smallest absolute Gasteiger partial charge is 0.0693 e. The molecule has 1 fully saturated rings. The van der Waals surface area contributed by atoms with Gasteiger partial charge in [-0.3, -0.25) is 0 Å². The molecule has 0 bridgehead atoms. The Morgan fingerprint density at radius 2 is 2.27 bits per heavy atom. The Balaban J connectivity index is 1.90. The Kier molecular flexibility index (Phi) is 3.78. The van der Waals surface area contributed by atoms with E-state index in [9.17, 15) is 5.11 Å². The van der Waals surface area contributed by atoms with Gasteiger partial charge in [0.15, 0.2) is 0 Å². The Morgan fingerprint density at radius 3 is 2.93 bits per heavy atom. The molecule has 2 N–H and O–H groups in total. The minimum Gasteiger partial charge on any atom is -0.392 e. The molecule has 1 aromatic rings. The first kappa shape index (κ1) is 11.1. The van der Waals surface area contributed by atoms with Gasteiger partial charge in [0.2, 0.25) is 0 Å². The van der Waals surface area contributed by atoms with E-state index in [1.807, 2.05) is 0 Å². The van der Waals surface area contributed by atoms with Gasteiger partial charge in [0.1, 0.15) is 0 Å². The molecule has 0 amide bonds. The van der Waals surface area contributed by atoms with Crippen molar-refractivity contribution < 1.29 is 5.11 Å². The molecule has 0 aliphatic heterocycles. The van der Waals surface area contributed by atoms with Gasteiger partial charge in [0, 0.05) is 12.1 Å². The van der Waals surface area contributed by atoms with E-state index in [0.29, 0.717) is 6.04 Å². The molecule has 84 valence electrons. The highest BCUT2D eigenvalue weighted by atomic mass is 32.1. The van der Waals surface area contributed by atoms with E-state index in [0.717, 1.165) is 12.8 Å². The normalized spacial score (nSPS) is 28.9. The molecule has 0 saturated heterocycles. The third-order valence-electron chi connectivity index (χ3n) is 3.24. The summed E-state index contributed by atoms with van der Waals surface area (Å²) in [6.45, 7) is 2.17. The molecule has 2 nitrogen and oxygen atoms in total. The highest BCUT2D eigenvalue weighted by molar-refractivity contribution is 7.07. The van der Waals surface area contributed by atoms with Crippen LogP contribution in [0.3, 0.4) is 0 Å². The van der Waals surface area contributed by atoms with Gasteiger partial charge in [-0.25, -0.2) is 0 Å². The minimum atomic E-state index is -0.153. The summed E-state index contributed by atoms with van der Waals surface area (Å²) < 4.78 is 0. The summed E-state index contributed by atoms with van der Waals surface area (Å²) in [5, 5.41) is 17.7. The van der Waals surface area contributed by atoms with Gasteiger partial charge in [-0.2, -0.15) is 11.3 Å². The number of hydrogen-bond donors (Lipinski definition) is 2. The SMILES string of the molecule is CC(N[C@H]1CCCC[C@@H]1O)c1ccsc1. The van der Waals surface area contributed by atoms with Crippen LogP contribution in [0.1, 0.15) is 44.2 Å². The average Bonchev–Trinajstić information content (AvgIpc) is 2.74. The predicted octanol–water partition coefficient (Wildman–Crippen LogP) is 2.70. The summed E-state index contributed by atoms with van der Waals surface area (Å²) in [5.74, 6) is 0. The van der Waals surface area contributed by atoms with E-state index >= 15 is 0 Å². The Bertz CT molecular complexity index is 286. The molecule has 1 saturated carbocycles. The van der Waals surface area contributed by atoms with Crippen molar-refractivity contribution in [1.82, 2.24) is 5.32 Å². The quantitative estimate of drug-likeness (QED) is 0.829. The third kappa shape index (κ3) is 2.80. The number of aliphatic hydroxyl groups excluding tert-OH is 1. The molecule has 1 aliphatic carbocycles. The van der Waals surface area contributed by atoms with Crippen molar-refractivity contribution in [3.05, 3.63) is 22.4 Å². The van der Waals surface area contributed by atoms with Crippen LogP contribution in [0.25, 0.3) is 0 Å². The lowest BCUT2D eigenvalue weighted by Gasteiger charge is -2.31. The van der Waals surface area contributed by atoms with E-state index in [4.69, 9.17) is 0 Å². The Morgan fingerprint density at radius 1 is 1.47 bits per heavy atom. The van der Waals surface area contributed by atoms with Crippen LogP contribution >= 0.6 is 11.3 Å². The zero-order valence-corrected chi connectivity index (χ0v) is 9.96. The number of hydrogen-bond acceptors (Lipinski definition) is 3. The van der Waals surface area contributed by atoms with Gasteiger partial charge >= 0.3 is 0 Å². The summed E-state index contributed by atoms with van der Waals surface area (Å²) in [6.07, 6.45) is 4.32.